The minimum atomic E-state index is -1.42. The van der Waals surface area contributed by atoms with Crippen molar-refractivity contribution in [2.24, 2.45) is 0 Å². The third-order valence-electron chi connectivity index (χ3n) is 3.96. The second kappa shape index (κ2) is 9.67. The number of halogens is 1. The molecule has 156 valence electrons. The summed E-state index contributed by atoms with van der Waals surface area (Å²) in [5, 5.41) is 34.7. The molecule has 0 aliphatic carbocycles. The molecule has 1 atom stereocenters. The Hall–Kier alpha value is -3.71. The monoisotopic (exact) mass is 411 g/mol. The summed E-state index contributed by atoms with van der Waals surface area (Å²) in [4.78, 5) is 4.40. The first-order valence-corrected chi connectivity index (χ1v) is 9.35. The first kappa shape index (κ1) is 21.0. The van der Waals surface area contributed by atoms with Gasteiger partial charge in [0.2, 0.25) is 0 Å². The fraction of sp³-hybridized carbons (Fsp3) is 0.300. The van der Waals surface area contributed by atoms with Crippen molar-refractivity contribution >= 4 is 23.2 Å². The van der Waals surface area contributed by atoms with Crippen molar-refractivity contribution in [3.8, 4) is 17.5 Å². The van der Waals surface area contributed by atoms with E-state index in [0.29, 0.717) is 16.9 Å². The van der Waals surface area contributed by atoms with Gasteiger partial charge in [-0.2, -0.15) is 5.26 Å². The van der Waals surface area contributed by atoms with E-state index in [1.807, 2.05) is 19.9 Å². The Labute approximate surface area is 173 Å². The first-order chi connectivity index (χ1) is 14.5. The third kappa shape index (κ3) is 5.42. The molecule has 0 bridgehead atoms. The number of pyridine rings is 1. The van der Waals surface area contributed by atoms with Gasteiger partial charge in [-0.15, -0.1) is 5.10 Å². The molecule has 3 aromatic rings. The summed E-state index contributed by atoms with van der Waals surface area (Å²) in [6.07, 6.45) is 0.174. The number of aromatic nitrogens is 3. The van der Waals surface area contributed by atoms with E-state index in [-0.39, 0.29) is 24.5 Å². The highest BCUT2D eigenvalue weighted by atomic mass is 19.1. The van der Waals surface area contributed by atoms with Gasteiger partial charge in [-0.1, -0.05) is 5.10 Å². The SMILES string of the molecule is CC(C)Nc1cc(Nc2ccc(C#N)cc2)ncc1-c1nnc(NC[C@@H](F)CO)o1. The van der Waals surface area contributed by atoms with Crippen molar-refractivity contribution in [3.05, 3.63) is 42.1 Å². The van der Waals surface area contributed by atoms with Crippen LogP contribution in [0.4, 0.5) is 27.6 Å². The summed E-state index contributed by atoms with van der Waals surface area (Å²) in [5.41, 5.74) is 2.68. The molecule has 2 aromatic heterocycles. The van der Waals surface area contributed by atoms with Crippen LogP contribution >= 0.6 is 0 Å². The normalized spacial score (nSPS) is 11.7. The molecule has 2 heterocycles. The fourth-order valence-electron chi connectivity index (χ4n) is 2.57. The van der Waals surface area contributed by atoms with Crippen LogP contribution in [-0.2, 0) is 0 Å². The fourth-order valence-corrected chi connectivity index (χ4v) is 2.57. The molecule has 0 saturated heterocycles. The maximum Gasteiger partial charge on any atom is 0.315 e. The van der Waals surface area contributed by atoms with Crippen molar-refractivity contribution in [2.45, 2.75) is 26.1 Å². The number of nitrogens with zero attached hydrogens (tertiary/aromatic N) is 4. The Kier molecular flexibility index (Phi) is 6.77. The smallest absolute Gasteiger partial charge is 0.315 e. The van der Waals surface area contributed by atoms with Gasteiger partial charge in [0.15, 0.2) is 0 Å². The summed E-state index contributed by atoms with van der Waals surface area (Å²) in [6, 6.07) is 11.1. The maximum atomic E-state index is 13.2. The summed E-state index contributed by atoms with van der Waals surface area (Å²) in [6.45, 7) is 3.26. The van der Waals surface area contributed by atoms with Gasteiger partial charge in [0.05, 0.1) is 36.0 Å². The number of nitriles is 1. The number of benzene rings is 1. The van der Waals surface area contributed by atoms with Gasteiger partial charge in [-0.3, -0.25) is 0 Å². The van der Waals surface area contributed by atoms with Crippen LogP contribution < -0.4 is 16.0 Å². The molecule has 0 spiro atoms. The highest BCUT2D eigenvalue weighted by molar-refractivity contribution is 5.76. The summed E-state index contributed by atoms with van der Waals surface area (Å²) in [5.74, 6) is 0.810. The summed E-state index contributed by atoms with van der Waals surface area (Å²) >= 11 is 0. The largest absolute Gasteiger partial charge is 0.403 e. The predicted octanol–water partition coefficient (Wildman–Crippen LogP) is 3.31. The minimum Gasteiger partial charge on any atom is -0.403 e. The molecule has 10 heteroatoms. The number of hydrogen-bond acceptors (Lipinski definition) is 9. The molecule has 0 aliphatic rings. The Morgan fingerprint density at radius 1 is 1.23 bits per heavy atom. The lowest BCUT2D eigenvalue weighted by molar-refractivity contribution is 0.186. The second-order valence-corrected chi connectivity index (χ2v) is 6.80. The molecule has 0 amide bonds. The van der Waals surface area contributed by atoms with Crippen molar-refractivity contribution in [1.82, 2.24) is 15.2 Å². The number of alkyl halides is 1. The molecule has 0 fully saturated rings. The van der Waals surface area contributed by atoms with E-state index in [1.54, 1.807) is 30.5 Å². The highest BCUT2D eigenvalue weighted by Crippen LogP contribution is 2.30. The lowest BCUT2D eigenvalue weighted by atomic mass is 10.2. The van der Waals surface area contributed by atoms with Crippen LogP contribution in [0.5, 0.6) is 0 Å². The van der Waals surface area contributed by atoms with Gasteiger partial charge in [-0.25, -0.2) is 9.37 Å². The zero-order valence-corrected chi connectivity index (χ0v) is 16.6. The van der Waals surface area contributed by atoms with E-state index in [2.05, 4.69) is 37.2 Å². The van der Waals surface area contributed by atoms with Crippen LogP contribution in [0.3, 0.4) is 0 Å². The molecule has 0 aliphatic heterocycles. The number of anilines is 4. The molecule has 30 heavy (non-hydrogen) atoms. The molecule has 3 rings (SSSR count). The third-order valence-corrected chi connectivity index (χ3v) is 3.96. The number of aliphatic hydroxyl groups excluding tert-OH is 1. The molecule has 9 nitrogen and oxygen atoms in total. The van der Waals surface area contributed by atoms with Gasteiger partial charge in [0.1, 0.15) is 12.0 Å². The average molecular weight is 411 g/mol. The van der Waals surface area contributed by atoms with Crippen molar-refractivity contribution in [2.75, 3.05) is 29.1 Å². The van der Waals surface area contributed by atoms with E-state index in [9.17, 15) is 4.39 Å². The van der Waals surface area contributed by atoms with Gasteiger partial charge in [0.25, 0.3) is 5.89 Å². The minimum absolute atomic E-state index is 0.0522. The molecule has 0 unspecified atom stereocenters. The Bertz CT molecular complexity index is 1010. The standard InChI is InChI=1S/C20H22FN7O2/c1-12(2)25-17-7-18(26-15-5-3-13(8-22)4-6-15)23-10-16(17)19-27-28-20(30-19)24-9-14(21)11-29/h3-7,10,12,14,29H,9,11H2,1-2H3,(H,24,28)(H2,23,25,26)/t14-/m1/s1. The van der Waals surface area contributed by atoms with E-state index < -0.39 is 12.8 Å². The maximum absolute atomic E-state index is 13.2. The molecule has 4 N–H and O–H groups in total. The molecule has 0 saturated carbocycles. The Balaban J connectivity index is 1.82. The Morgan fingerprint density at radius 2 is 2.00 bits per heavy atom. The van der Waals surface area contributed by atoms with Crippen LogP contribution in [-0.4, -0.2) is 45.7 Å². The second-order valence-electron chi connectivity index (χ2n) is 6.80. The summed E-state index contributed by atoms with van der Waals surface area (Å²) in [7, 11) is 0. The number of aliphatic hydroxyl groups is 1. The highest BCUT2D eigenvalue weighted by Gasteiger charge is 2.16. The van der Waals surface area contributed by atoms with Gasteiger partial charge < -0.3 is 25.5 Å². The summed E-state index contributed by atoms with van der Waals surface area (Å²) < 4.78 is 18.7. The van der Waals surface area contributed by atoms with Gasteiger partial charge in [0, 0.05) is 24.0 Å². The van der Waals surface area contributed by atoms with E-state index in [1.165, 1.54) is 0 Å². The molecular weight excluding hydrogens is 389 g/mol. The lowest BCUT2D eigenvalue weighted by Crippen LogP contribution is -2.18. The predicted molar refractivity (Wildman–Crippen MR) is 111 cm³/mol. The molecular formula is C20H22FN7O2. The molecule has 0 radical (unpaired) electrons. The van der Waals surface area contributed by atoms with Gasteiger partial charge in [-0.05, 0) is 38.1 Å². The van der Waals surface area contributed by atoms with Gasteiger partial charge >= 0.3 is 6.01 Å². The number of rotatable bonds is 9. The topological polar surface area (TPSA) is 132 Å². The Morgan fingerprint density at radius 3 is 2.67 bits per heavy atom. The number of nitrogens with one attached hydrogen (secondary N) is 3. The van der Waals surface area contributed by atoms with Crippen molar-refractivity contribution in [1.29, 1.82) is 5.26 Å². The zero-order chi connectivity index (χ0) is 21.5. The van der Waals surface area contributed by atoms with E-state index in [0.717, 1.165) is 11.4 Å². The first-order valence-electron chi connectivity index (χ1n) is 9.35. The van der Waals surface area contributed by atoms with Crippen molar-refractivity contribution in [3.63, 3.8) is 0 Å². The van der Waals surface area contributed by atoms with Crippen molar-refractivity contribution < 1.29 is 13.9 Å². The molecule has 1 aromatic carbocycles. The average Bonchev–Trinajstić information content (AvgIpc) is 3.21. The zero-order valence-electron chi connectivity index (χ0n) is 16.6. The quantitative estimate of drug-likeness (QED) is 0.418. The van der Waals surface area contributed by atoms with Crippen LogP contribution in [0.15, 0.2) is 40.9 Å². The lowest BCUT2D eigenvalue weighted by Gasteiger charge is -2.15. The number of hydrogen-bond donors (Lipinski definition) is 4. The van der Waals surface area contributed by atoms with Crippen LogP contribution in [0.1, 0.15) is 19.4 Å². The van der Waals surface area contributed by atoms with Crippen LogP contribution in [0, 0.1) is 11.3 Å². The van der Waals surface area contributed by atoms with E-state index in [4.69, 9.17) is 14.8 Å². The van der Waals surface area contributed by atoms with Crippen LogP contribution in [0.2, 0.25) is 0 Å². The van der Waals surface area contributed by atoms with E-state index >= 15 is 0 Å². The van der Waals surface area contributed by atoms with Crippen LogP contribution in [0.25, 0.3) is 11.5 Å².